The summed E-state index contributed by atoms with van der Waals surface area (Å²) < 4.78 is 83.4. The second-order valence-corrected chi connectivity index (χ2v) is 7.92. The van der Waals surface area contributed by atoms with Crippen LogP contribution in [0.3, 0.4) is 0 Å². The molecule has 1 saturated heterocycles. The van der Waals surface area contributed by atoms with E-state index in [0.717, 1.165) is 14.0 Å². The highest BCUT2D eigenvalue weighted by atomic mass is 19.4. The third-order valence-electron chi connectivity index (χ3n) is 5.78. The first-order valence-electron chi connectivity index (χ1n) is 9.43. The molecule has 168 valence electrons. The Labute approximate surface area is 172 Å². The lowest BCUT2D eigenvalue weighted by atomic mass is 10.1. The SMILES string of the molecule is C[C@H](Oc1ccccc1C(=O)N1CC2CC2(c2nc(C(F)(F)F)n(C)n2)C1)C(F)(F)F. The molecule has 0 spiro atoms. The van der Waals surface area contributed by atoms with Crippen LogP contribution in [0, 0.1) is 5.92 Å². The van der Waals surface area contributed by atoms with E-state index in [1.54, 1.807) is 0 Å². The van der Waals surface area contributed by atoms with Crippen LogP contribution in [0.1, 0.15) is 35.4 Å². The molecule has 2 aromatic rings. The average molecular weight is 448 g/mol. The van der Waals surface area contributed by atoms with Crippen LogP contribution in [-0.2, 0) is 18.6 Å². The number of hydrogen-bond donors (Lipinski definition) is 0. The number of halogens is 6. The Morgan fingerprint density at radius 3 is 2.52 bits per heavy atom. The minimum atomic E-state index is -4.65. The summed E-state index contributed by atoms with van der Waals surface area (Å²) in [6, 6.07) is 5.59. The molecule has 12 heteroatoms. The van der Waals surface area contributed by atoms with Gasteiger partial charge >= 0.3 is 12.4 Å². The molecule has 4 rings (SSSR count). The largest absolute Gasteiger partial charge is 0.480 e. The molecule has 31 heavy (non-hydrogen) atoms. The Balaban J connectivity index is 1.55. The number of aromatic nitrogens is 3. The van der Waals surface area contributed by atoms with Crippen LogP contribution in [0.25, 0.3) is 0 Å². The number of hydrogen-bond acceptors (Lipinski definition) is 4. The van der Waals surface area contributed by atoms with Gasteiger partial charge in [0.15, 0.2) is 11.9 Å². The van der Waals surface area contributed by atoms with Gasteiger partial charge in [-0.1, -0.05) is 12.1 Å². The van der Waals surface area contributed by atoms with Crippen molar-refractivity contribution in [1.82, 2.24) is 19.7 Å². The summed E-state index contributed by atoms with van der Waals surface area (Å²) in [7, 11) is 1.15. The molecule has 2 fully saturated rings. The average Bonchev–Trinajstić information content (AvgIpc) is 3.02. The summed E-state index contributed by atoms with van der Waals surface area (Å²) in [4.78, 5) is 18.1. The van der Waals surface area contributed by atoms with E-state index in [2.05, 4.69) is 10.1 Å². The standard InChI is InChI=1S/C19H18F6N4O2/c1-10(18(20,21)22)31-13-6-4-3-5-12(13)14(30)29-8-11-7-17(11,9-29)15-26-16(19(23,24)25)28(2)27-15/h3-6,10-11H,7-9H2,1-2H3/t10-,11?,17?/m0/s1. The number of fused-ring (bicyclic) bond motifs is 1. The predicted octanol–water partition coefficient (Wildman–Crippen LogP) is 3.58. The van der Waals surface area contributed by atoms with E-state index >= 15 is 0 Å². The highest BCUT2D eigenvalue weighted by molar-refractivity contribution is 5.97. The first-order valence-corrected chi connectivity index (χ1v) is 9.43. The van der Waals surface area contributed by atoms with Crippen LogP contribution in [0.5, 0.6) is 5.75 Å². The normalized spacial score (nSPS) is 24.1. The van der Waals surface area contributed by atoms with Crippen molar-refractivity contribution in [2.24, 2.45) is 13.0 Å². The van der Waals surface area contributed by atoms with Crippen molar-refractivity contribution in [3.8, 4) is 5.75 Å². The van der Waals surface area contributed by atoms with E-state index in [4.69, 9.17) is 4.74 Å². The molecule has 0 radical (unpaired) electrons. The van der Waals surface area contributed by atoms with E-state index in [-0.39, 0.29) is 36.1 Å². The molecule has 1 aliphatic carbocycles. The predicted molar refractivity (Wildman–Crippen MR) is 94.3 cm³/mol. The Morgan fingerprint density at radius 1 is 1.23 bits per heavy atom. The van der Waals surface area contributed by atoms with Crippen LogP contribution in [0.2, 0.25) is 0 Å². The van der Waals surface area contributed by atoms with Crippen molar-refractivity contribution >= 4 is 5.91 Å². The number of alkyl halides is 6. The summed E-state index contributed by atoms with van der Waals surface area (Å²) in [6.07, 6.45) is -10.8. The zero-order valence-corrected chi connectivity index (χ0v) is 16.5. The number of carbonyl (C=O) groups excluding carboxylic acids is 1. The van der Waals surface area contributed by atoms with E-state index in [1.807, 2.05) is 0 Å². The maximum atomic E-state index is 13.1. The van der Waals surface area contributed by atoms with Crippen LogP contribution in [-0.4, -0.2) is 50.9 Å². The van der Waals surface area contributed by atoms with Gasteiger partial charge in [0.1, 0.15) is 5.75 Å². The lowest BCUT2D eigenvalue weighted by Crippen LogP contribution is -2.35. The van der Waals surface area contributed by atoms with E-state index < -0.39 is 35.6 Å². The molecule has 3 atom stereocenters. The molecular formula is C19H18F6N4O2. The Bertz CT molecular complexity index is 1020. The molecule has 1 amide bonds. The first-order chi connectivity index (χ1) is 14.3. The van der Waals surface area contributed by atoms with Gasteiger partial charge in [-0.2, -0.15) is 31.4 Å². The first kappa shape index (κ1) is 21.4. The second kappa shape index (κ2) is 6.86. The van der Waals surface area contributed by atoms with Crippen LogP contribution < -0.4 is 4.74 Å². The number of rotatable bonds is 4. The molecule has 2 heterocycles. The molecule has 1 aromatic carbocycles. The molecule has 1 aromatic heterocycles. The van der Waals surface area contributed by atoms with Crippen molar-refractivity contribution in [1.29, 1.82) is 0 Å². The van der Waals surface area contributed by atoms with Gasteiger partial charge in [0.25, 0.3) is 5.91 Å². The molecule has 1 aliphatic heterocycles. The summed E-state index contributed by atoms with van der Waals surface area (Å²) in [6.45, 7) is 1.18. The Kier molecular flexibility index (Phi) is 4.74. The molecule has 0 bridgehead atoms. The molecule has 2 unspecified atom stereocenters. The minimum Gasteiger partial charge on any atom is -0.480 e. The van der Waals surface area contributed by atoms with Gasteiger partial charge in [0, 0.05) is 20.1 Å². The summed E-state index contributed by atoms with van der Waals surface area (Å²) >= 11 is 0. The number of carbonyl (C=O) groups is 1. The fraction of sp³-hybridized carbons (Fsp3) is 0.526. The highest BCUT2D eigenvalue weighted by Crippen LogP contribution is 2.58. The van der Waals surface area contributed by atoms with E-state index in [1.165, 1.54) is 29.2 Å². The molecule has 1 saturated carbocycles. The van der Waals surface area contributed by atoms with Crippen molar-refractivity contribution in [2.75, 3.05) is 13.1 Å². The van der Waals surface area contributed by atoms with E-state index in [0.29, 0.717) is 11.1 Å². The van der Waals surface area contributed by atoms with Gasteiger partial charge in [0.2, 0.25) is 5.82 Å². The van der Waals surface area contributed by atoms with Crippen LogP contribution >= 0.6 is 0 Å². The second-order valence-electron chi connectivity index (χ2n) is 7.92. The number of benzene rings is 1. The third-order valence-corrected chi connectivity index (χ3v) is 5.78. The zero-order valence-electron chi connectivity index (χ0n) is 16.5. The number of amides is 1. The third kappa shape index (κ3) is 3.72. The number of ether oxygens (including phenoxy) is 1. The highest BCUT2D eigenvalue weighted by Gasteiger charge is 2.64. The molecule has 6 nitrogen and oxygen atoms in total. The topological polar surface area (TPSA) is 60.2 Å². The fourth-order valence-corrected chi connectivity index (χ4v) is 4.00. The zero-order chi connectivity index (χ0) is 22.8. The Hall–Kier alpha value is -2.79. The van der Waals surface area contributed by atoms with Crippen molar-refractivity contribution in [3.63, 3.8) is 0 Å². The fourth-order valence-electron chi connectivity index (χ4n) is 4.00. The lowest BCUT2D eigenvalue weighted by molar-refractivity contribution is -0.189. The van der Waals surface area contributed by atoms with Crippen molar-refractivity contribution in [2.45, 2.75) is 37.2 Å². The van der Waals surface area contributed by atoms with Crippen molar-refractivity contribution in [3.05, 3.63) is 41.5 Å². The number of piperidine rings is 1. The van der Waals surface area contributed by atoms with Gasteiger partial charge in [-0.05, 0) is 31.4 Å². The van der Waals surface area contributed by atoms with Gasteiger partial charge in [-0.15, -0.1) is 0 Å². The van der Waals surface area contributed by atoms with Gasteiger partial charge < -0.3 is 9.64 Å². The monoisotopic (exact) mass is 448 g/mol. The van der Waals surface area contributed by atoms with Gasteiger partial charge in [0.05, 0.1) is 11.0 Å². The van der Waals surface area contributed by atoms with Crippen molar-refractivity contribution < 1.29 is 35.9 Å². The lowest BCUT2D eigenvalue weighted by Gasteiger charge is -2.23. The maximum Gasteiger partial charge on any atom is 0.451 e. The summed E-state index contributed by atoms with van der Waals surface area (Å²) in [5, 5.41) is 3.92. The summed E-state index contributed by atoms with van der Waals surface area (Å²) in [5.74, 6) is -1.96. The molecular weight excluding hydrogens is 430 g/mol. The van der Waals surface area contributed by atoms with E-state index in [9.17, 15) is 31.1 Å². The molecule has 2 aliphatic rings. The number of likely N-dealkylation sites (tertiary alicyclic amines) is 1. The smallest absolute Gasteiger partial charge is 0.451 e. The quantitative estimate of drug-likeness (QED) is 0.671. The Morgan fingerprint density at radius 2 is 1.90 bits per heavy atom. The molecule has 0 N–H and O–H groups in total. The minimum absolute atomic E-state index is 0.0258. The summed E-state index contributed by atoms with van der Waals surface area (Å²) in [5.41, 5.74) is -0.813. The van der Waals surface area contributed by atoms with Crippen LogP contribution in [0.15, 0.2) is 24.3 Å². The van der Waals surface area contributed by atoms with Gasteiger partial charge in [-0.25, -0.2) is 9.67 Å². The van der Waals surface area contributed by atoms with Gasteiger partial charge in [-0.3, -0.25) is 4.79 Å². The maximum absolute atomic E-state index is 13.1. The van der Waals surface area contributed by atoms with Crippen LogP contribution in [0.4, 0.5) is 26.3 Å². The number of nitrogens with zero attached hydrogens (tertiary/aromatic N) is 4. The number of aryl methyl sites for hydroxylation is 1. The number of para-hydroxylation sites is 1.